The second-order valence-electron chi connectivity index (χ2n) is 5.89. The van der Waals surface area contributed by atoms with Crippen LogP contribution in [0, 0.1) is 6.92 Å². The normalized spacial score (nSPS) is 10.4. The van der Waals surface area contributed by atoms with Crippen LogP contribution in [0.5, 0.6) is 17.2 Å². The van der Waals surface area contributed by atoms with Crippen LogP contribution < -0.4 is 19.5 Å². The molecule has 0 spiro atoms. The summed E-state index contributed by atoms with van der Waals surface area (Å²) >= 11 is 1.32. The largest absolute Gasteiger partial charge is 0.493 e. The zero-order valence-corrected chi connectivity index (χ0v) is 16.9. The lowest BCUT2D eigenvalue weighted by atomic mass is 10.2. The molecule has 0 fully saturated rings. The van der Waals surface area contributed by atoms with Crippen molar-refractivity contribution in [3.63, 3.8) is 0 Å². The Morgan fingerprint density at radius 2 is 1.71 bits per heavy atom. The molecule has 0 aliphatic rings. The van der Waals surface area contributed by atoms with Gasteiger partial charge in [-0.05, 0) is 36.8 Å². The van der Waals surface area contributed by atoms with Crippen LogP contribution in [0.4, 0.5) is 0 Å². The van der Waals surface area contributed by atoms with Crippen LogP contribution in [-0.4, -0.2) is 37.2 Å². The van der Waals surface area contributed by atoms with E-state index in [0.717, 1.165) is 11.1 Å². The third kappa shape index (κ3) is 4.07. The molecule has 0 atom stereocenters. The summed E-state index contributed by atoms with van der Waals surface area (Å²) in [6.07, 6.45) is 3.39. The molecule has 3 aromatic rings. The lowest BCUT2D eigenvalue weighted by Crippen LogP contribution is -2.22. The summed E-state index contributed by atoms with van der Waals surface area (Å²) in [4.78, 5) is 21.7. The molecular formula is C20H21N3O4S. The Morgan fingerprint density at radius 1 is 1.07 bits per heavy atom. The molecular weight excluding hydrogens is 378 g/mol. The van der Waals surface area contributed by atoms with Crippen LogP contribution in [0.2, 0.25) is 0 Å². The molecule has 0 aliphatic carbocycles. The Hall–Kier alpha value is -3.13. The summed E-state index contributed by atoms with van der Waals surface area (Å²) in [5.74, 6) is 1.42. The minimum Gasteiger partial charge on any atom is -0.493 e. The smallest absolute Gasteiger partial charge is 0.263 e. The Labute approximate surface area is 167 Å². The van der Waals surface area contributed by atoms with Gasteiger partial charge in [0.25, 0.3) is 5.91 Å². The molecule has 0 radical (unpaired) electrons. The van der Waals surface area contributed by atoms with Crippen LogP contribution in [0.25, 0.3) is 10.6 Å². The van der Waals surface area contributed by atoms with Gasteiger partial charge in [-0.3, -0.25) is 9.78 Å². The summed E-state index contributed by atoms with van der Waals surface area (Å²) < 4.78 is 16.2. The molecule has 0 unspecified atom stereocenters. The van der Waals surface area contributed by atoms with Gasteiger partial charge in [0.1, 0.15) is 9.88 Å². The van der Waals surface area contributed by atoms with E-state index in [2.05, 4.69) is 15.3 Å². The topological polar surface area (TPSA) is 82.6 Å². The Kier molecular flexibility index (Phi) is 6.10. The monoisotopic (exact) mass is 399 g/mol. The maximum atomic E-state index is 12.6. The molecule has 28 heavy (non-hydrogen) atoms. The minimum atomic E-state index is -0.162. The number of nitrogens with one attached hydrogen (secondary N) is 1. The summed E-state index contributed by atoms with van der Waals surface area (Å²) in [7, 11) is 4.68. The van der Waals surface area contributed by atoms with Crippen LogP contribution in [-0.2, 0) is 6.54 Å². The first-order valence-corrected chi connectivity index (χ1v) is 9.34. The van der Waals surface area contributed by atoms with Gasteiger partial charge in [-0.1, -0.05) is 0 Å². The number of aryl methyl sites for hydroxylation is 1. The van der Waals surface area contributed by atoms with E-state index < -0.39 is 0 Å². The van der Waals surface area contributed by atoms with Crippen LogP contribution in [0.1, 0.15) is 20.9 Å². The number of hydrogen-bond acceptors (Lipinski definition) is 7. The lowest BCUT2D eigenvalue weighted by Gasteiger charge is -2.13. The number of aromatic nitrogens is 2. The fourth-order valence-corrected chi connectivity index (χ4v) is 3.67. The van der Waals surface area contributed by atoms with E-state index in [9.17, 15) is 4.79 Å². The molecule has 2 aromatic heterocycles. The number of nitrogens with zero attached hydrogens (tertiary/aromatic N) is 2. The van der Waals surface area contributed by atoms with E-state index in [0.29, 0.717) is 39.4 Å². The van der Waals surface area contributed by atoms with Gasteiger partial charge in [-0.25, -0.2) is 4.98 Å². The molecule has 1 N–H and O–H groups in total. The summed E-state index contributed by atoms with van der Waals surface area (Å²) in [5.41, 5.74) is 2.44. The SMILES string of the molecule is COc1cc(-c2nc(C)c(C(=O)NCc3ccncc3)s2)cc(OC)c1OC. The van der Waals surface area contributed by atoms with E-state index in [-0.39, 0.29) is 5.91 Å². The number of amides is 1. The highest BCUT2D eigenvalue weighted by atomic mass is 32.1. The van der Waals surface area contributed by atoms with E-state index in [1.807, 2.05) is 31.2 Å². The highest BCUT2D eigenvalue weighted by Gasteiger charge is 2.19. The van der Waals surface area contributed by atoms with Crippen LogP contribution in [0.3, 0.4) is 0 Å². The maximum Gasteiger partial charge on any atom is 0.263 e. The van der Waals surface area contributed by atoms with Gasteiger partial charge in [-0.15, -0.1) is 11.3 Å². The van der Waals surface area contributed by atoms with E-state index in [4.69, 9.17) is 14.2 Å². The summed E-state index contributed by atoms with van der Waals surface area (Å²) in [6, 6.07) is 7.36. The molecule has 0 saturated carbocycles. The molecule has 3 rings (SSSR count). The second kappa shape index (κ2) is 8.71. The van der Waals surface area contributed by atoms with Crippen molar-refractivity contribution in [3.8, 4) is 27.8 Å². The van der Waals surface area contributed by atoms with Crippen molar-refractivity contribution in [2.75, 3.05) is 21.3 Å². The number of thiazole rings is 1. The molecule has 7 nitrogen and oxygen atoms in total. The van der Waals surface area contributed by atoms with Crippen molar-refractivity contribution in [2.45, 2.75) is 13.5 Å². The van der Waals surface area contributed by atoms with Gasteiger partial charge in [0.15, 0.2) is 11.5 Å². The van der Waals surface area contributed by atoms with Crippen molar-refractivity contribution < 1.29 is 19.0 Å². The number of hydrogen-bond donors (Lipinski definition) is 1. The average molecular weight is 399 g/mol. The fraction of sp³-hybridized carbons (Fsp3) is 0.250. The lowest BCUT2D eigenvalue weighted by molar-refractivity contribution is 0.0954. The first kappa shape index (κ1) is 19.6. The minimum absolute atomic E-state index is 0.162. The number of methoxy groups -OCH3 is 3. The number of benzene rings is 1. The first-order valence-electron chi connectivity index (χ1n) is 8.52. The number of carbonyl (C=O) groups excluding carboxylic acids is 1. The van der Waals surface area contributed by atoms with Crippen LogP contribution >= 0.6 is 11.3 Å². The van der Waals surface area contributed by atoms with Crippen molar-refractivity contribution in [2.24, 2.45) is 0 Å². The third-order valence-corrected chi connectivity index (χ3v) is 5.32. The highest BCUT2D eigenvalue weighted by molar-refractivity contribution is 7.17. The highest BCUT2D eigenvalue weighted by Crippen LogP contribution is 2.42. The number of ether oxygens (including phenoxy) is 3. The molecule has 0 bridgehead atoms. The van der Waals surface area contributed by atoms with Gasteiger partial charge in [0.2, 0.25) is 5.75 Å². The second-order valence-corrected chi connectivity index (χ2v) is 6.88. The number of rotatable bonds is 7. The van der Waals surface area contributed by atoms with E-state index >= 15 is 0 Å². The van der Waals surface area contributed by atoms with E-state index in [1.165, 1.54) is 11.3 Å². The molecule has 1 aromatic carbocycles. The molecule has 8 heteroatoms. The molecule has 2 heterocycles. The summed E-state index contributed by atoms with van der Waals surface area (Å²) in [6.45, 7) is 2.25. The molecule has 0 aliphatic heterocycles. The van der Waals surface area contributed by atoms with Crippen molar-refractivity contribution in [1.29, 1.82) is 0 Å². The summed E-state index contributed by atoms with van der Waals surface area (Å²) in [5, 5.41) is 3.62. The van der Waals surface area contributed by atoms with Gasteiger partial charge < -0.3 is 19.5 Å². The van der Waals surface area contributed by atoms with Gasteiger partial charge >= 0.3 is 0 Å². The zero-order valence-electron chi connectivity index (χ0n) is 16.1. The first-order chi connectivity index (χ1) is 13.6. The predicted molar refractivity (Wildman–Crippen MR) is 107 cm³/mol. The van der Waals surface area contributed by atoms with Crippen molar-refractivity contribution in [3.05, 3.63) is 52.8 Å². The molecule has 1 amide bonds. The fourth-order valence-electron chi connectivity index (χ4n) is 2.70. The third-order valence-electron chi connectivity index (χ3n) is 4.12. The van der Waals surface area contributed by atoms with E-state index in [1.54, 1.807) is 33.7 Å². The quantitative estimate of drug-likeness (QED) is 0.655. The number of pyridine rings is 1. The standard InChI is InChI=1S/C20H21N3O4S/c1-12-18(19(24)22-11-13-5-7-21-8-6-13)28-20(23-12)14-9-15(25-2)17(27-4)16(10-14)26-3/h5-10H,11H2,1-4H3,(H,22,24). The van der Waals surface area contributed by atoms with Crippen LogP contribution in [0.15, 0.2) is 36.7 Å². The van der Waals surface area contributed by atoms with Gasteiger partial charge in [0.05, 0.1) is 27.0 Å². The zero-order chi connectivity index (χ0) is 20.1. The Balaban J connectivity index is 1.86. The molecule has 146 valence electrons. The van der Waals surface area contributed by atoms with Gasteiger partial charge in [0, 0.05) is 24.5 Å². The average Bonchev–Trinajstić information content (AvgIpc) is 3.13. The van der Waals surface area contributed by atoms with Crippen molar-refractivity contribution in [1.82, 2.24) is 15.3 Å². The van der Waals surface area contributed by atoms with Crippen molar-refractivity contribution >= 4 is 17.2 Å². The Bertz CT molecular complexity index is 948. The van der Waals surface area contributed by atoms with Gasteiger partial charge in [-0.2, -0.15) is 0 Å². The maximum absolute atomic E-state index is 12.6. The predicted octanol–water partition coefficient (Wildman–Crippen LogP) is 3.47. The molecule has 0 saturated heterocycles. The Morgan fingerprint density at radius 3 is 2.29 bits per heavy atom. The number of carbonyl (C=O) groups is 1.